The Bertz CT molecular complexity index is 615. The third-order valence-electron chi connectivity index (χ3n) is 2.71. The fourth-order valence-corrected chi connectivity index (χ4v) is 3.33. The summed E-state index contributed by atoms with van der Waals surface area (Å²) >= 11 is 11.5. The third kappa shape index (κ3) is 3.62. The summed E-state index contributed by atoms with van der Waals surface area (Å²) in [6, 6.07) is 4.03. The van der Waals surface area contributed by atoms with Crippen molar-refractivity contribution in [3.05, 3.63) is 28.2 Å². The lowest BCUT2D eigenvalue weighted by Crippen LogP contribution is -2.46. The van der Waals surface area contributed by atoms with Crippen molar-refractivity contribution in [2.24, 2.45) is 0 Å². The minimum Gasteiger partial charge on any atom is -0.368 e. The molecule has 0 radical (unpaired) electrons. The Morgan fingerprint density at radius 1 is 1.35 bits per heavy atom. The van der Waals surface area contributed by atoms with Gasteiger partial charge in [-0.1, -0.05) is 23.2 Å². The predicted octanol–water partition coefficient (Wildman–Crippen LogP) is 1.48. The van der Waals surface area contributed by atoms with Crippen molar-refractivity contribution >= 4 is 39.1 Å². The molecule has 0 spiro atoms. The van der Waals surface area contributed by atoms with Crippen LogP contribution in [0.1, 0.15) is 12.8 Å². The maximum Gasteiger partial charge on any atom is 0.264 e. The summed E-state index contributed by atoms with van der Waals surface area (Å²) in [5, 5.41) is 0.230. The van der Waals surface area contributed by atoms with Crippen LogP contribution >= 0.6 is 23.2 Å². The maximum absolute atomic E-state index is 12.0. The summed E-state index contributed by atoms with van der Waals surface area (Å²) in [5.74, 6) is -0.538. The number of hydrogen-bond acceptors (Lipinski definition) is 4. The Kier molecular flexibility index (Phi) is 4.87. The van der Waals surface area contributed by atoms with Gasteiger partial charge in [-0.05, 0) is 31.0 Å². The van der Waals surface area contributed by atoms with Crippen molar-refractivity contribution in [1.82, 2.24) is 10.3 Å². The topological polar surface area (TPSA) is 84.5 Å². The maximum atomic E-state index is 12.0. The largest absolute Gasteiger partial charge is 0.368 e. The first-order valence-electron chi connectivity index (χ1n) is 5.78. The molecule has 0 aliphatic carbocycles. The summed E-state index contributed by atoms with van der Waals surface area (Å²) in [5.41, 5.74) is 2.11. The zero-order valence-corrected chi connectivity index (χ0v) is 12.6. The van der Waals surface area contributed by atoms with Crippen LogP contribution in [0.15, 0.2) is 23.1 Å². The van der Waals surface area contributed by atoms with E-state index in [4.69, 9.17) is 27.9 Å². The van der Waals surface area contributed by atoms with E-state index in [0.717, 1.165) is 6.42 Å². The molecular formula is C11H12Cl2N2O4S. The fourth-order valence-electron chi connectivity index (χ4n) is 1.72. The molecule has 1 amide bonds. The Labute approximate surface area is 126 Å². The Morgan fingerprint density at radius 2 is 2.10 bits per heavy atom. The zero-order chi connectivity index (χ0) is 14.8. The monoisotopic (exact) mass is 338 g/mol. The molecule has 1 aliphatic rings. The summed E-state index contributed by atoms with van der Waals surface area (Å²) in [6.45, 7) is 0.491. The van der Waals surface area contributed by atoms with Crippen molar-refractivity contribution in [3.8, 4) is 0 Å². The Hall–Kier alpha value is -0.860. The number of carbonyl (C=O) groups excluding carboxylic acids is 1. The summed E-state index contributed by atoms with van der Waals surface area (Å²) in [6.07, 6.45) is 0.698. The molecule has 1 saturated heterocycles. The number of rotatable bonds is 4. The SMILES string of the molecule is O=C(NNS(=O)(=O)c1cc(Cl)ccc1Cl)C1CCCO1. The lowest BCUT2D eigenvalue weighted by atomic mass is 10.2. The highest BCUT2D eigenvalue weighted by Crippen LogP contribution is 2.24. The second-order valence-corrected chi connectivity index (χ2v) is 6.67. The van der Waals surface area contributed by atoms with Crippen molar-refractivity contribution in [3.63, 3.8) is 0 Å². The quantitative estimate of drug-likeness (QED) is 0.814. The lowest BCUT2D eigenvalue weighted by molar-refractivity contribution is -0.130. The molecule has 1 aromatic rings. The molecule has 2 N–H and O–H groups in total. The molecular weight excluding hydrogens is 327 g/mol. The highest BCUT2D eigenvalue weighted by molar-refractivity contribution is 7.89. The Morgan fingerprint density at radius 3 is 2.75 bits per heavy atom. The molecule has 1 aliphatic heterocycles. The van der Waals surface area contributed by atoms with Crippen molar-refractivity contribution < 1.29 is 17.9 Å². The van der Waals surface area contributed by atoms with Gasteiger partial charge in [-0.15, -0.1) is 4.83 Å². The molecule has 1 atom stereocenters. The van der Waals surface area contributed by atoms with Gasteiger partial charge in [0.25, 0.3) is 15.9 Å². The molecule has 6 nitrogen and oxygen atoms in total. The predicted molar refractivity (Wildman–Crippen MR) is 73.9 cm³/mol. The van der Waals surface area contributed by atoms with Gasteiger partial charge in [-0.25, -0.2) is 8.42 Å². The van der Waals surface area contributed by atoms with Crippen LogP contribution in [-0.2, 0) is 19.6 Å². The van der Waals surface area contributed by atoms with Gasteiger partial charge in [-0.2, -0.15) is 0 Å². The normalized spacial score (nSPS) is 19.0. The van der Waals surface area contributed by atoms with Crippen LogP contribution in [0.3, 0.4) is 0 Å². The Balaban J connectivity index is 2.07. The molecule has 1 fully saturated rings. The molecule has 110 valence electrons. The van der Waals surface area contributed by atoms with Gasteiger partial charge in [0.05, 0.1) is 5.02 Å². The molecule has 1 unspecified atom stereocenters. The fraction of sp³-hybridized carbons (Fsp3) is 0.364. The first-order chi connectivity index (χ1) is 9.40. The number of carbonyl (C=O) groups is 1. The minimum absolute atomic E-state index is 0.00765. The first-order valence-corrected chi connectivity index (χ1v) is 8.02. The molecule has 1 aromatic carbocycles. The minimum atomic E-state index is -3.99. The number of hydrazine groups is 1. The highest BCUT2D eigenvalue weighted by Gasteiger charge is 2.25. The van der Waals surface area contributed by atoms with E-state index in [1.807, 2.05) is 4.83 Å². The van der Waals surface area contributed by atoms with E-state index < -0.39 is 22.0 Å². The number of halogens is 2. The first kappa shape index (κ1) is 15.5. The summed E-state index contributed by atoms with van der Waals surface area (Å²) in [4.78, 5) is 13.4. The zero-order valence-electron chi connectivity index (χ0n) is 10.2. The number of amides is 1. The molecule has 0 saturated carbocycles. The number of sulfonamides is 1. The third-order valence-corrected chi connectivity index (χ3v) is 4.68. The lowest BCUT2D eigenvalue weighted by Gasteiger charge is -2.12. The van der Waals surface area contributed by atoms with E-state index in [1.165, 1.54) is 18.2 Å². The van der Waals surface area contributed by atoms with E-state index in [1.54, 1.807) is 0 Å². The van der Waals surface area contributed by atoms with Gasteiger partial charge >= 0.3 is 0 Å². The van der Waals surface area contributed by atoms with Crippen LogP contribution < -0.4 is 10.3 Å². The second-order valence-electron chi connectivity index (χ2n) is 4.17. The summed E-state index contributed by atoms with van der Waals surface area (Å²) in [7, 11) is -3.99. The van der Waals surface area contributed by atoms with Crippen LogP contribution in [0.2, 0.25) is 10.0 Å². The number of ether oxygens (including phenoxy) is 1. The molecule has 20 heavy (non-hydrogen) atoms. The average Bonchev–Trinajstić information content (AvgIpc) is 2.93. The van der Waals surface area contributed by atoms with Gasteiger partial charge < -0.3 is 4.74 Å². The molecule has 2 rings (SSSR count). The van der Waals surface area contributed by atoms with Crippen LogP contribution in [-0.4, -0.2) is 27.0 Å². The van der Waals surface area contributed by atoms with Crippen LogP contribution in [0, 0.1) is 0 Å². The van der Waals surface area contributed by atoms with Crippen molar-refractivity contribution in [1.29, 1.82) is 0 Å². The van der Waals surface area contributed by atoms with E-state index in [0.29, 0.717) is 13.0 Å². The molecule has 0 aromatic heterocycles. The highest BCUT2D eigenvalue weighted by atomic mass is 35.5. The molecule has 9 heteroatoms. The van der Waals surface area contributed by atoms with Gasteiger partial charge in [0.1, 0.15) is 11.0 Å². The molecule has 0 bridgehead atoms. The van der Waals surface area contributed by atoms with Gasteiger partial charge in [-0.3, -0.25) is 10.2 Å². The number of hydrogen-bond donors (Lipinski definition) is 2. The van der Waals surface area contributed by atoms with Gasteiger partial charge in [0.15, 0.2) is 0 Å². The average molecular weight is 339 g/mol. The smallest absolute Gasteiger partial charge is 0.264 e. The van der Waals surface area contributed by atoms with E-state index in [9.17, 15) is 13.2 Å². The standard InChI is InChI=1S/C11H12Cl2N2O4S/c12-7-3-4-8(13)10(6-7)20(17,18)15-14-11(16)9-2-1-5-19-9/h3-4,6,9,15H,1-2,5H2,(H,14,16). The summed E-state index contributed by atoms with van der Waals surface area (Å²) < 4.78 is 29.2. The number of nitrogens with one attached hydrogen (secondary N) is 2. The molecule has 1 heterocycles. The van der Waals surface area contributed by atoms with Crippen molar-refractivity contribution in [2.75, 3.05) is 6.61 Å². The van der Waals surface area contributed by atoms with E-state index >= 15 is 0 Å². The van der Waals surface area contributed by atoms with Crippen LogP contribution in [0.25, 0.3) is 0 Å². The van der Waals surface area contributed by atoms with Crippen LogP contribution in [0.4, 0.5) is 0 Å². The van der Waals surface area contributed by atoms with Gasteiger partial charge in [0, 0.05) is 11.6 Å². The van der Waals surface area contributed by atoms with E-state index in [-0.39, 0.29) is 14.9 Å². The second kappa shape index (κ2) is 6.28. The van der Waals surface area contributed by atoms with Gasteiger partial charge in [0.2, 0.25) is 0 Å². The van der Waals surface area contributed by atoms with Crippen molar-refractivity contribution in [2.45, 2.75) is 23.8 Å². The number of benzene rings is 1. The van der Waals surface area contributed by atoms with Crippen LogP contribution in [0.5, 0.6) is 0 Å². The van der Waals surface area contributed by atoms with E-state index in [2.05, 4.69) is 5.43 Å².